The average molecular weight is 492 g/mol. The van der Waals surface area contributed by atoms with E-state index in [4.69, 9.17) is 4.74 Å². The van der Waals surface area contributed by atoms with Crippen LogP contribution in [0.2, 0.25) is 0 Å². The molecule has 36 heavy (non-hydrogen) atoms. The predicted octanol–water partition coefficient (Wildman–Crippen LogP) is 3.73. The van der Waals surface area contributed by atoms with Gasteiger partial charge >= 0.3 is 6.09 Å². The Balaban J connectivity index is 1.37. The first-order valence-electron chi connectivity index (χ1n) is 11.6. The maximum absolute atomic E-state index is 14.3. The molecule has 0 spiro atoms. The number of hydrogen-bond acceptors (Lipinski definition) is 7. The van der Waals surface area contributed by atoms with Crippen molar-refractivity contribution in [3.8, 4) is 0 Å². The maximum Gasteiger partial charge on any atom is 0.410 e. The summed E-state index contributed by atoms with van der Waals surface area (Å²) in [6.45, 7) is 7.70. The molecule has 1 saturated heterocycles. The molecule has 186 valence electrons. The summed E-state index contributed by atoms with van der Waals surface area (Å²) < 4.78 is 21.3. The molecule has 0 bridgehead atoms. The van der Waals surface area contributed by atoms with Crippen LogP contribution >= 0.6 is 0 Å². The fourth-order valence-corrected chi connectivity index (χ4v) is 4.19. The second kappa shape index (κ2) is 9.06. The average Bonchev–Trinajstić information content (AvgIpc) is 3.32. The van der Waals surface area contributed by atoms with Gasteiger partial charge in [0.15, 0.2) is 11.5 Å². The molecule has 3 aromatic heterocycles. The number of carbonyl (C=O) groups is 2. The molecule has 0 aliphatic carbocycles. The summed E-state index contributed by atoms with van der Waals surface area (Å²) in [6.07, 6.45) is 7.46. The number of nitrogens with zero attached hydrogens (tertiary/aromatic N) is 6. The number of rotatable bonds is 3. The quantitative estimate of drug-likeness (QED) is 0.466. The lowest BCUT2D eigenvalue weighted by Gasteiger charge is -2.37. The molecule has 1 N–H and O–H groups in total. The van der Waals surface area contributed by atoms with Gasteiger partial charge in [0.25, 0.3) is 5.91 Å². The number of carbonyl (C=O) groups excluding carboxylic acids is 2. The van der Waals surface area contributed by atoms with Crippen LogP contribution in [-0.2, 0) is 4.74 Å². The fraction of sp³-hybridized carbons (Fsp3) is 0.320. The van der Waals surface area contributed by atoms with Gasteiger partial charge in [-0.25, -0.2) is 14.2 Å². The SMILES string of the molecule is CC(C)(C)OC(=O)N1CCN(c2ccc(C(=O)Nc3cc(F)c4nccn4c3)c3nccnc23)CC1. The highest BCUT2D eigenvalue weighted by Gasteiger charge is 2.27. The van der Waals surface area contributed by atoms with E-state index in [1.54, 1.807) is 29.6 Å². The van der Waals surface area contributed by atoms with E-state index in [2.05, 4.69) is 25.2 Å². The normalized spacial score (nSPS) is 14.3. The number of pyridine rings is 1. The summed E-state index contributed by atoms with van der Waals surface area (Å²) in [5.74, 6) is -0.969. The third kappa shape index (κ3) is 4.64. The zero-order valence-corrected chi connectivity index (χ0v) is 20.2. The Morgan fingerprint density at radius 3 is 2.44 bits per heavy atom. The Kier molecular flexibility index (Phi) is 5.91. The van der Waals surface area contributed by atoms with E-state index in [1.807, 2.05) is 26.8 Å². The number of nitrogens with one attached hydrogen (secondary N) is 1. The van der Waals surface area contributed by atoms with E-state index in [-0.39, 0.29) is 11.7 Å². The van der Waals surface area contributed by atoms with Gasteiger partial charge in [0.2, 0.25) is 0 Å². The lowest BCUT2D eigenvalue weighted by molar-refractivity contribution is 0.0240. The van der Waals surface area contributed by atoms with Crippen LogP contribution in [0.4, 0.5) is 20.6 Å². The van der Waals surface area contributed by atoms with Crippen molar-refractivity contribution in [1.29, 1.82) is 0 Å². The monoisotopic (exact) mass is 491 g/mol. The first-order chi connectivity index (χ1) is 17.2. The molecule has 2 amide bonds. The largest absolute Gasteiger partial charge is 0.444 e. The van der Waals surface area contributed by atoms with Crippen molar-refractivity contribution in [2.45, 2.75) is 26.4 Å². The van der Waals surface area contributed by atoms with Gasteiger partial charge in [-0.2, -0.15) is 0 Å². The summed E-state index contributed by atoms with van der Waals surface area (Å²) in [4.78, 5) is 42.2. The van der Waals surface area contributed by atoms with Crippen LogP contribution in [-0.4, -0.2) is 68.0 Å². The van der Waals surface area contributed by atoms with E-state index in [0.717, 1.165) is 5.69 Å². The minimum absolute atomic E-state index is 0.181. The van der Waals surface area contributed by atoms with Gasteiger partial charge in [0.1, 0.15) is 16.6 Å². The van der Waals surface area contributed by atoms with Gasteiger partial charge in [-0.1, -0.05) is 0 Å². The Bertz CT molecular complexity index is 1460. The number of ether oxygens (including phenoxy) is 1. The molecule has 0 atom stereocenters. The minimum Gasteiger partial charge on any atom is -0.444 e. The second-order valence-electron chi connectivity index (χ2n) is 9.53. The van der Waals surface area contributed by atoms with E-state index >= 15 is 0 Å². The van der Waals surface area contributed by atoms with Crippen molar-refractivity contribution >= 4 is 40.1 Å². The highest BCUT2D eigenvalue weighted by Crippen LogP contribution is 2.28. The number of hydrogen-bond donors (Lipinski definition) is 1. The van der Waals surface area contributed by atoms with E-state index in [0.29, 0.717) is 48.5 Å². The van der Waals surface area contributed by atoms with E-state index in [9.17, 15) is 14.0 Å². The number of benzene rings is 1. The van der Waals surface area contributed by atoms with E-state index in [1.165, 1.54) is 22.9 Å². The number of amides is 2. The lowest BCUT2D eigenvalue weighted by atomic mass is 10.1. The molecule has 1 fully saturated rings. The summed E-state index contributed by atoms with van der Waals surface area (Å²) in [5.41, 5.74) is 2.08. The van der Waals surface area contributed by atoms with Gasteiger partial charge < -0.3 is 24.3 Å². The number of halogens is 1. The van der Waals surface area contributed by atoms with Crippen LogP contribution in [0.1, 0.15) is 31.1 Å². The molecular formula is C25H26FN7O3. The van der Waals surface area contributed by atoms with Crippen LogP contribution in [0.15, 0.2) is 49.2 Å². The van der Waals surface area contributed by atoms with Crippen LogP contribution in [0.5, 0.6) is 0 Å². The second-order valence-corrected chi connectivity index (χ2v) is 9.53. The van der Waals surface area contributed by atoms with Gasteiger partial charge in [-0.05, 0) is 32.9 Å². The smallest absolute Gasteiger partial charge is 0.410 e. The van der Waals surface area contributed by atoms with Crippen LogP contribution in [0.3, 0.4) is 0 Å². The maximum atomic E-state index is 14.3. The van der Waals surface area contributed by atoms with Gasteiger partial charge in [0.05, 0.1) is 16.9 Å². The highest BCUT2D eigenvalue weighted by molar-refractivity contribution is 6.13. The molecule has 11 heteroatoms. The third-order valence-corrected chi connectivity index (χ3v) is 5.82. The third-order valence-electron chi connectivity index (χ3n) is 5.82. The molecule has 4 heterocycles. The molecule has 1 aliphatic rings. The summed E-state index contributed by atoms with van der Waals surface area (Å²) in [6, 6.07) is 4.75. The number of aromatic nitrogens is 4. The molecule has 1 aromatic carbocycles. The number of piperazine rings is 1. The van der Waals surface area contributed by atoms with Crippen LogP contribution in [0.25, 0.3) is 16.7 Å². The molecule has 0 saturated carbocycles. The molecule has 0 unspecified atom stereocenters. The van der Waals surface area contributed by atoms with Gasteiger partial charge in [-0.15, -0.1) is 0 Å². The number of anilines is 2. The Labute approximate surface area is 206 Å². The van der Waals surface area contributed by atoms with Gasteiger partial charge in [0, 0.05) is 63.2 Å². The first-order valence-corrected chi connectivity index (χ1v) is 11.6. The zero-order chi connectivity index (χ0) is 25.4. The number of fused-ring (bicyclic) bond motifs is 2. The van der Waals surface area contributed by atoms with Crippen molar-refractivity contribution < 1.29 is 18.7 Å². The molecule has 10 nitrogen and oxygen atoms in total. The van der Waals surface area contributed by atoms with Crippen molar-refractivity contribution in [1.82, 2.24) is 24.3 Å². The van der Waals surface area contributed by atoms with E-state index < -0.39 is 17.3 Å². The van der Waals surface area contributed by atoms with Crippen LogP contribution < -0.4 is 10.2 Å². The Hall–Kier alpha value is -4.28. The van der Waals surface area contributed by atoms with Crippen molar-refractivity contribution in [3.63, 3.8) is 0 Å². The molecule has 4 aromatic rings. The standard InChI is InChI=1S/C25H26FN7O3/c1-25(2,3)36-24(35)32-12-10-31(11-13-32)19-5-4-17(20-21(19)28-7-6-27-20)23(34)30-16-14-18(26)22-29-8-9-33(22)15-16/h4-9,14-15H,10-13H2,1-3H3,(H,30,34). The van der Waals surface area contributed by atoms with Crippen molar-refractivity contribution in [3.05, 3.63) is 60.6 Å². The highest BCUT2D eigenvalue weighted by atomic mass is 19.1. The van der Waals surface area contributed by atoms with Gasteiger partial charge in [-0.3, -0.25) is 14.8 Å². The molecule has 0 radical (unpaired) electrons. The molecular weight excluding hydrogens is 465 g/mol. The first kappa shape index (κ1) is 23.5. The fourth-order valence-electron chi connectivity index (χ4n) is 4.19. The minimum atomic E-state index is -0.549. The molecule has 1 aliphatic heterocycles. The number of imidazole rings is 1. The topological polar surface area (TPSA) is 105 Å². The molecule has 5 rings (SSSR count). The lowest BCUT2D eigenvalue weighted by Crippen LogP contribution is -2.50. The summed E-state index contributed by atoms with van der Waals surface area (Å²) in [5, 5.41) is 2.74. The Morgan fingerprint density at radius 1 is 1.00 bits per heavy atom. The van der Waals surface area contributed by atoms with Crippen molar-refractivity contribution in [2.24, 2.45) is 0 Å². The van der Waals surface area contributed by atoms with Crippen molar-refractivity contribution in [2.75, 3.05) is 36.4 Å². The zero-order valence-electron chi connectivity index (χ0n) is 20.2. The summed E-state index contributed by atoms with van der Waals surface area (Å²) in [7, 11) is 0. The predicted molar refractivity (Wildman–Crippen MR) is 133 cm³/mol. The Morgan fingerprint density at radius 2 is 1.72 bits per heavy atom. The van der Waals surface area contributed by atoms with Crippen LogP contribution in [0, 0.1) is 5.82 Å². The summed E-state index contributed by atoms with van der Waals surface area (Å²) >= 11 is 0.